The molecule has 0 atom stereocenters. The fourth-order valence-electron chi connectivity index (χ4n) is 2.23. The van der Waals surface area contributed by atoms with Crippen molar-refractivity contribution in [2.24, 2.45) is 4.99 Å². The molecule has 0 saturated carbocycles. The van der Waals surface area contributed by atoms with E-state index in [1.54, 1.807) is 7.11 Å². The van der Waals surface area contributed by atoms with Crippen molar-refractivity contribution in [2.45, 2.75) is 20.0 Å². The average molecular weight is 469 g/mol. The number of aliphatic imine (C=N–C) groups is 1. The highest BCUT2D eigenvalue weighted by atomic mass is 127. The molecule has 0 radical (unpaired) electrons. The van der Waals surface area contributed by atoms with Gasteiger partial charge in [-0.2, -0.15) is 0 Å². The first kappa shape index (κ1) is 22.2. The van der Waals surface area contributed by atoms with Crippen LogP contribution in [0.4, 0.5) is 0 Å². The van der Waals surface area contributed by atoms with Gasteiger partial charge in [0.1, 0.15) is 12.4 Å². The third kappa shape index (κ3) is 8.53. The van der Waals surface area contributed by atoms with E-state index in [9.17, 15) is 0 Å². The zero-order valence-electron chi connectivity index (χ0n) is 15.4. The second-order valence-corrected chi connectivity index (χ2v) is 5.52. The lowest BCUT2D eigenvalue weighted by molar-refractivity contribution is 0.146. The Labute approximate surface area is 173 Å². The fourth-order valence-corrected chi connectivity index (χ4v) is 2.23. The maximum Gasteiger partial charge on any atom is 0.191 e. The van der Waals surface area contributed by atoms with Crippen molar-refractivity contribution in [3.8, 4) is 5.75 Å². The highest BCUT2D eigenvalue weighted by molar-refractivity contribution is 14.0. The first-order valence-electron chi connectivity index (χ1n) is 8.58. The summed E-state index contributed by atoms with van der Waals surface area (Å²) in [6.07, 6.45) is 0. The van der Waals surface area contributed by atoms with Crippen molar-refractivity contribution >= 4 is 29.9 Å². The molecule has 142 valence electrons. The van der Waals surface area contributed by atoms with Crippen LogP contribution in [0.15, 0.2) is 59.6 Å². The van der Waals surface area contributed by atoms with E-state index in [1.807, 2.05) is 30.3 Å². The van der Waals surface area contributed by atoms with Gasteiger partial charge in [-0.05, 0) is 30.2 Å². The summed E-state index contributed by atoms with van der Waals surface area (Å²) in [7, 11) is 1.67. The number of nitrogens with zero attached hydrogens (tertiary/aromatic N) is 1. The van der Waals surface area contributed by atoms with Gasteiger partial charge in [-0.25, -0.2) is 4.99 Å². The van der Waals surface area contributed by atoms with E-state index in [0.29, 0.717) is 26.3 Å². The molecule has 0 aliphatic rings. The van der Waals surface area contributed by atoms with E-state index in [0.717, 1.165) is 18.3 Å². The summed E-state index contributed by atoms with van der Waals surface area (Å²) >= 11 is 0. The summed E-state index contributed by atoms with van der Waals surface area (Å²) in [5.74, 6) is 1.66. The number of halogens is 1. The second kappa shape index (κ2) is 13.4. The molecule has 0 aromatic heterocycles. The second-order valence-electron chi connectivity index (χ2n) is 5.52. The quantitative estimate of drug-likeness (QED) is 0.255. The Morgan fingerprint density at radius 3 is 2.31 bits per heavy atom. The van der Waals surface area contributed by atoms with E-state index in [1.165, 1.54) is 11.1 Å². The van der Waals surface area contributed by atoms with Crippen LogP contribution in [-0.4, -0.2) is 32.8 Å². The van der Waals surface area contributed by atoms with Gasteiger partial charge in [0.25, 0.3) is 0 Å². The predicted octanol–water partition coefficient (Wildman–Crippen LogP) is 3.59. The van der Waals surface area contributed by atoms with Crippen LogP contribution >= 0.6 is 24.0 Å². The topological polar surface area (TPSA) is 54.9 Å². The van der Waals surface area contributed by atoms with Gasteiger partial charge in [0.2, 0.25) is 0 Å². The number of hydrogen-bond acceptors (Lipinski definition) is 3. The molecule has 0 fully saturated rings. The summed E-state index contributed by atoms with van der Waals surface area (Å²) in [6.45, 7) is 5.40. The van der Waals surface area contributed by atoms with Crippen molar-refractivity contribution < 1.29 is 9.47 Å². The summed E-state index contributed by atoms with van der Waals surface area (Å²) in [4.78, 5) is 4.62. The van der Waals surface area contributed by atoms with Crippen molar-refractivity contribution in [3.63, 3.8) is 0 Å². The number of nitrogens with one attached hydrogen (secondary N) is 2. The Hall–Kier alpha value is -1.80. The van der Waals surface area contributed by atoms with Crippen molar-refractivity contribution in [1.29, 1.82) is 0 Å². The van der Waals surface area contributed by atoms with Crippen LogP contribution in [0.2, 0.25) is 0 Å². The normalized spacial score (nSPS) is 10.8. The molecule has 2 aromatic rings. The lowest BCUT2D eigenvalue weighted by Gasteiger charge is -2.12. The lowest BCUT2D eigenvalue weighted by Crippen LogP contribution is -2.36. The van der Waals surface area contributed by atoms with Crippen molar-refractivity contribution in [3.05, 3.63) is 65.7 Å². The van der Waals surface area contributed by atoms with Crippen LogP contribution in [-0.2, 0) is 17.8 Å². The smallest absolute Gasteiger partial charge is 0.191 e. The lowest BCUT2D eigenvalue weighted by atomic mass is 10.2. The van der Waals surface area contributed by atoms with Crippen LogP contribution in [0.3, 0.4) is 0 Å². The van der Waals surface area contributed by atoms with Gasteiger partial charge in [0, 0.05) is 20.2 Å². The Morgan fingerprint density at radius 2 is 1.65 bits per heavy atom. The van der Waals surface area contributed by atoms with Crippen LogP contribution in [0, 0.1) is 0 Å². The van der Waals surface area contributed by atoms with Gasteiger partial charge in [-0.3, -0.25) is 0 Å². The molecule has 5 nitrogen and oxygen atoms in total. The van der Waals surface area contributed by atoms with Gasteiger partial charge in [-0.1, -0.05) is 42.5 Å². The number of guanidine groups is 1. The third-order valence-corrected chi connectivity index (χ3v) is 3.55. The molecule has 0 aliphatic heterocycles. The predicted molar refractivity (Wildman–Crippen MR) is 117 cm³/mol. The first-order valence-corrected chi connectivity index (χ1v) is 8.58. The molecule has 2 aromatic carbocycles. The molecule has 0 aliphatic carbocycles. The third-order valence-electron chi connectivity index (χ3n) is 3.55. The molecular weight excluding hydrogens is 441 g/mol. The minimum absolute atomic E-state index is 0. The van der Waals surface area contributed by atoms with Crippen LogP contribution in [0.1, 0.15) is 18.1 Å². The van der Waals surface area contributed by atoms with E-state index in [4.69, 9.17) is 9.47 Å². The van der Waals surface area contributed by atoms with Crippen molar-refractivity contribution in [1.82, 2.24) is 10.6 Å². The standard InChI is InChI=1S/C20H27N3O2.HI/c1-3-21-20(22-15-17-7-5-4-6-8-17)23-16-18-9-11-19(12-10-18)25-14-13-24-2;/h4-12H,3,13-16H2,1-2H3,(H2,21,22,23);1H. The zero-order valence-corrected chi connectivity index (χ0v) is 17.7. The maximum atomic E-state index is 5.57. The Morgan fingerprint density at radius 1 is 0.923 bits per heavy atom. The number of methoxy groups -OCH3 is 1. The maximum absolute atomic E-state index is 5.57. The summed E-state index contributed by atoms with van der Waals surface area (Å²) < 4.78 is 10.5. The van der Waals surface area contributed by atoms with Gasteiger partial charge in [0.05, 0.1) is 13.2 Å². The Balaban J connectivity index is 0.00000338. The van der Waals surface area contributed by atoms with Gasteiger partial charge >= 0.3 is 0 Å². The van der Waals surface area contributed by atoms with Crippen molar-refractivity contribution in [2.75, 3.05) is 26.9 Å². The molecule has 0 bridgehead atoms. The molecular formula is C20H28IN3O2. The fraction of sp³-hybridized carbons (Fsp3) is 0.350. The van der Waals surface area contributed by atoms with E-state index in [2.05, 4.69) is 46.8 Å². The Kier molecular flexibility index (Phi) is 11.5. The highest BCUT2D eigenvalue weighted by Crippen LogP contribution is 2.12. The number of hydrogen-bond donors (Lipinski definition) is 2. The van der Waals surface area contributed by atoms with Crippen LogP contribution in [0.5, 0.6) is 5.75 Å². The molecule has 2 rings (SSSR count). The summed E-state index contributed by atoms with van der Waals surface area (Å²) in [6, 6.07) is 18.3. The molecule has 0 heterocycles. The monoisotopic (exact) mass is 469 g/mol. The van der Waals surface area contributed by atoms with Crippen LogP contribution < -0.4 is 15.4 Å². The largest absolute Gasteiger partial charge is 0.491 e. The average Bonchev–Trinajstić information content (AvgIpc) is 2.66. The Bertz CT molecular complexity index is 633. The molecule has 0 spiro atoms. The molecule has 0 amide bonds. The zero-order chi connectivity index (χ0) is 17.7. The number of ether oxygens (including phenoxy) is 2. The summed E-state index contributed by atoms with van der Waals surface area (Å²) in [5.41, 5.74) is 2.36. The number of benzene rings is 2. The van der Waals surface area contributed by atoms with E-state index < -0.39 is 0 Å². The first-order chi connectivity index (χ1) is 12.3. The molecule has 26 heavy (non-hydrogen) atoms. The highest BCUT2D eigenvalue weighted by Gasteiger charge is 2.00. The minimum atomic E-state index is 0. The summed E-state index contributed by atoms with van der Waals surface area (Å²) in [5, 5.41) is 6.63. The molecule has 6 heteroatoms. The van der Waals surface area contributed by atoms with E-state index in [-0.39, 0.29) is 24.0 Å². The number of rotatable bonds is 9. The molecule has 2 N–H and O–H groups in total. The van der Waals surface area contributed by atoms with E-state index >= 15 is 0 Å². The SMILES string of the molecule is CCNC(=NCc1ccccc1)NCc1ccc(OCCOC)cc1.I. The molecule has 0 unspecified atom stereocenters. The van der Waals surface area contributed by atoms with Gasteiger partial charge in [-0.15, -0.1) is 24.0 Å². The van der Waals surface area contributed by atoms with Gasteiger partial charge < -0.3 is 20.1 Å². The van der Waals surface area contributed by atoms with Crippen LogP contribution in [0.25, 0.3) is 0 Å². The minimum Gasteiger partial charge on any atom is -0.491 e. The van der Waals surface area contributed by atoms with Gasteiger partial charge in [0.15, 0.2) is 5.96 Å². The molecule has 0 saturated heterocycles.